The molecule has 1 aliphatic carbocycles. The molecule has 0 spiro atoms. The van der Waals surface area contributed by atoms with Crippen LogP contribution in [0.15, 0.2) is 42.7 Å². The summed E-state index contributed by atoms with van der Waals surface area (Å²) in [4.78, 5) is 21.4. The number of aromatic nitrogens is 2. The zero-order valence-electron chi connectivity index (χ0n) is 13.4. The van der Waals surface area contributed by atoms with Crippen molar-refractivity contribution >= 4 is 11.7 Å². The Labute approximate surface area is 137 Å². The van der Waals surface area contributed by atoms with Gasteiger partial charge in [-0.25, -0.2) is 4.98 Å². The molecule has 0 unspecified atom stereocenters. The van der Waals surface area contributed by atoms with Crippen molar-refractivity contribution in [2.75, 3.05) is 5.32 Å². The molecule has 1 aromatic heterocycles. The molecule has 3 rings (SSSR count). The van der Waals surface area contributed by atoms with Crippen molar-refractivity contribution in [3.63, 3.8) is 0 Å². The van der Waals surface area contributed by atoms with Gasteiger partial charge in [0.2, 0.25) is 5.91 Å². The van der Waals surface area contributed by atoms with Crippen LogP contribution in [0.3, 0.4) is 0 Å². The fourth-order valence-electron chi connectivity index (χ4n) is 3.17. The number of carbonyl (C=O) groups excluding carboxylic acids is 1. The highest BCUT2D eigenvalue weighted by Crippen LogP contribution is 2.26. The van der Waals surface area contributed by atoms with Crippen molar-refractivity contribution in [3.8, 4) is 11.3 Å². The summed E-state index contributed by atoms with van der Waals surface area (Å²) in [6, 6.07) is 9.85. The fourth-order valence-corrected chi connectivity index (χ4v) is 3.17. The molecule has 0 bridgehead atoms. The van der Waals surface area contributed by atoms with Gasteiger partial charge in [-0.05, 0) is 12.8 Å². The minimum absolute atomic E-state index is 0.0876. The smallest absolute Gasteiger partial charge is 0.228 e. The van der Waals surface area contributed by atoms with Crippen molar-refractivity contribution in [2.24, 2.45) is 5.92 Å². The Morgan fingerprint density at radius 2 is 1.57 bits per heavy atom. The van der Waals surface area contributed by atoms with E-state index in [0.717, 1.165) is 36.9 Å². The van der Waals surface area contributed by atoms with Crippen LogP contribution in [0.1, 0.15) is 44.9 Å². The quantitative estimate of drug-likeness (QED) is 0.911. The van der Waals surface area contributed by atoms with Gasteiger partial charge in [0.15, 0.2) is 5.82 Å². The van der Waals surface area contributed by atoms with Crippen LogP contribution in [0.5, 0.6) is 0 Å². The summed E-state index contributed by atoms with van der Waals surface area (Å²) in [5.74, 6) is 0.747. The molecule has 1 aliphatic rings. The first kappa shape index (κ1) is 15.7. The molecule has 23 heavy (non-hydrogen) atoms. The van der Waals surface area contributed by atoms with Gasteiger partial charge < -0.3 is 5.32 Å². The van der Waals surface area contributed by atoms with Crippen LogP contribution in [0.2, 0.25) is 0 Å². The van der Waals surface area contributed by atoms with Crippen molar-refractivity contribution in [3.05, 3.63) is 42.7 Å². The van der Waals surface area contributed by atoms with Crippen LogP contribution in [0, 0.1) is 5.92 Å². The maximum absolute atomic E-state index is 12.6. The average Bonchev–Trinajstić information content (AvgIpc) is 2.56. The van der Waals surface area contributed by atoms with E-state index in [-0.39, 0.29) is 11.8 Å². The van der Waals surface area contributed by atoms with Gasteiger partial charge in [-0.2, -0.15) is 0 Å². The number of hydrogen-bond donors (Lipinski definition) is 1. The van der Waals surface area contributed by atoms with Gasteiger partial charge in [-0.3, -0.25) is 9.78 Å². The zero-order valence-corrected chi connectivity index (χ0v) is 13.4. The SMILES string of the molecule is O=C(Nc1nccnc1-c1ccccc1)C1CCCCCCC1. The van der Waals surface area contributed by atoms with Crippen molar-refractivity contribution in [1.29, 1.82) is 0 Å². The number of rotatable bonds is 3. The highest BCUT2D eigenvalue weighted by molar-refractivity contribution is 5.94. The lowest BCUT2D eigenvalue weighted by atomic mass is 9.90. The molecule has 4 nitrogen and oxygen atoms in total. The second-order valence-electron chi connectivity index (χ2n) is 6.15. The summed E-state index contributed by atoms with van der Waals surface area (Å²) in [5, 5.41) is 3.01. The molecule has 0 atom stereocenters. The first-order valence-corrected chi connectivity index (χ1v) is 8.52. The molecular weight excluding hydrogens is 286 g/mol. The van der Waals surface area contributed by atoms with Gasteiger partial charge in [0.25, 0.3) is 0 Å². The zero-order chi connectivity index (χ0) is 15.9. The van der Waals surface area contributed by atoms with Crippen LogP contribution in [-0.4, -0.2) is 15.9 Å². The van der Waals surface area contributed by atoms with E-state index < -0.39 is 0 Å². The molecule has 0 aliphatic heterocycles. The standard InChI is InChI=1S/C19H23N3O/c23-19(16-11-5-2-1-3-6-12-16)22-18-17(20-13-14-21-18)15-9-7-4-8-10-15/h4,7-10,13-14,16H,1-3,5-6,11-12H2,(H,21,22,23). The topological polar surface area (TPSA) is 54.9 Å². The predicted molar refractivity (Wildman–Crippen MR) is 91.9 cm³/mol. The van der Waals surface area contributed by atoms with Crippen molar-refractivity contribution < 1.29 is 4.79 Å². The number of amides is 1. The molecule has 2 aromatic rings. The molecule has 120 valence electrons. The summed E-state index contributed by atoms with van der Waals surface area (Å²) in [6.07, 6.45) is 11.3. The van der Waals surface area contributed by atoms with E-state index in [9.17, 15) is 4.79 Å². The van der Waals surface area contributed by atoms with Crippen molar-refractivity contribution in [2.45, 2.75) is 44.9 Å². The van der Waals surface area contributed by atoms with Gasteiger partial charge in [0, 0.05) is 23.9 Å². The third-order valence-corrected chi connectivity index (χ3v) is 4.46. The molecule has 1 heterocycles. The highest BCUT2D eigenvalue weighted by atomic mass is 16.1. The Hall–Kier alpha value is -2.23. The Balaban J connectivity index is 1.76. The lowest BCUT2D eigenvalue weighted by molar-refractivity contribution is -0.120. The van der Waals surface area contributed by atoms with Crippen LogP contribution < -0.4 is 5.32 Å². The van der Waals surface area contributed by atoms with Crippen LogP contribution >= 0.6 is 0 Å². The van der Waals surface area contributed by atoms with E-state index in [1.54, 1.807) is 12.4 Å². The second kappa shape index (κ2) is 7.86. The lowest BCUT2D eigenvalue weighted by Crippen LogP contribution is -2.24. The summed E-state index contributed by atoms with van der Waals surface area (Å²) < 4.78 is 0. The lowest BCUT2D eigenvalue weighted by Gasteiger charge is -2.19. The maximum Gasteiger partial charge on any atom is 0.228 e. The van der Waals surface area contributed by atoms with Gasteiger partial charge in [-0.1, -0.05) is 62.4 Å². The molecule has 1 amide bonds. The Kier molecular flexibility index (Phi) is 5.35. The van der Waals surface area contributed by atoms with Crippen LogP contribution in [0.4, 0.5) is 5.82 Å². The summed E-state index contributed by atoms with van der Waals surface area (Å²) in [6.45, 7) is 0. The van der Waals surface area contributed by atoms with E-state index in [1.807, 2.05) is 30.3 Å². The average molecular weight is 309 g/mol. The number of benzene rings is 1. The van der Waals surface area contributed by atoms with Gasteiger partial charge >= 0.3 is 0 Å². The molecule has 1 aromatic carbocycles. The Bertz CT molecular complexity index is 634. The largest absolute Gasteiger partial charge is 0.309 e. The molecule has 4 heteroatoms. The summed E-state index contributed by atoms with van der Waals surface area (Å²) in [5.41, 5.74) is 1.70. The molecule has 1 N–H and O–H groups in total. The summed E-state index contributed by atoms with van der Waals surface area (Å²) >= 11 is 0. The molecule has 1 fully saturated rings. The molecule has 1 saturated carbocycles. The van der Waals surface area contributed by atoms with Crippen LogP contribution in [-0.2, 0) is 4.79 Å². The number of nitrogens with one attached hydrogen (secondary N) is 1. The Morgan fingerprint density at radius 1 is 0.913 bits per heavy atom. The second-order valence-corrected chi connectivity index (χ2v) is 6.15. The fraction of sp³-hybridized carbons (Fsp3) is 0.421. The maximum atomic E-state index is 12.6. The molecule has 0 radical (unpaired) electrons. The Morgan fingerprint density at radius 3 is 2.30 bits per heavy atom. The number of hydrogen-bond acceptors (Lipinski definition) is 3. The first-order valence-electron chi connectivity index (χ1n) is 8.52. The minimum atomic E-state index is 0.0876. The monoisotopic (exact) mass is 309 g/mol. The predicted octanol–water partition coefficient (Wildman–Crippen LogP) is 4.44. The van der Waals surface area contributed by atoms with Gasteiger partial charge in [-0.15, -0.1) is 0 Å². The minimum Gasteiger partial charge on any atom is -0.309 e. The first-order chi connectivity index (χ1) is 11.3. The van der Waals surface area contributed by atoms with Crippen LogP contribution in [0.25, 0.3) is 11.3 Å². The normalized spacial score (nSPS) is 16.3. The van der Waals surface area contributed by atoms with E-state index in [0.29, 0.717) is 5.82 Å². The van der Waals surface area contributed by atoms with E-state index >= 15 is 0 Å². The number of anilines is 1. The number of nitrogens with zero attached hydrogens (tertiary/aromatic N) is 2. The third-order valence-electron chi connectivity index (χ3n) is 4.46. The van der Waals surface area contributed by atoms with Gasteiger partial charge in [0.05, 0.1) is 0 Å². The van der Waals surface area contributed by atoms with Gasteiger partial charge in [0.1, 0.15) is 5.69 Å². The van der Waals surface area contributed by atoms with Crippen molar-refractivity contribution in [1.82, 2.24) is 9.97 Å². The molecular formula is C19H23N3O. The van der Waals surface area contributed by atoms with E-state index in [4.69, 9.17) is 0 Å². The van der Waals surface area contributed by atoms with E-state index in [2.05, 4.69) is 15.3 Å². The highest BCUT2D eigenvalue weighted by Gasteiger charge is 2.21. The summed E-state index contributed by atoms with van der Waals surface area (Å²) in [7, 11) is 0. The third kappa shape index (κ3) is 4.15. The molecule has 0 saturated heterocycles. The van der Waals surface area contributed by atoms with E-state index in [1.165, 1.54) is 19.3 Å². The number of carbonyl (C=O) groups is 1.